The first-order chi connectivity index (χ1) is 12.2. The second-order valence-corrected chi connectivity index (χ2v) is 6.19. The Morgan fingerprint density at radius 2 is 2.16 bits per heavy atom. The Morgan fingerprint density at radius 1 is 1.36 bits per heavy atom. The van der Waals surface area contributed by atoms with Crippen LogP contribution in [0.15, 0.2) is 24.8 Å². The molecule has 1 saturated heterocycles. The van der Waals surface area contributed by atoms with E-state index in [0.717, 1.165) is 31.7 Å². The average Bonchev–Trinajstić information content (AvgIpc) is 3.07. The van der Waals surface area contributed by atoms with Crippen LogP contribution in [-0.4, -0.2) is 51.9 Å². The number of aromatic nitrogens is 4. The summed E-state index contributed by atoms with van der Waals surface area (Å²) < 4.78 is 7.07. The zero-order chi connectivity index (χ0) is 17.6. The second-order valence-electron chi connectivity index (χ2n) is 6.19. The summed E-state index contributed by atoms with van der Waals surface area (Å²) >= 11 is 0. The molecule has 0 bridgehead atoms. The summed E-state index contributed by atoms with van der Waals surface area (Å²) in [7, 11) is 1.80. The number of anilines is 1. The van der Waals surface area contributed by atoms with E-state index >= 15 is 0 Å². The number of nitrogens with zero attached hydrogens (tertiary/aromatic N) is 5. The highest BCUT2D eigenvalue weighted by molar-refractivity contribution is 5.93. The first kappa shape index (κ1) is 17.2. The van der Waals surface area contributed by atoms with Crippen molar-refractivity contribution in [3.05, 3.63) is 30.4 Å². The standard InChI is InChI=1S/C17H24N6O2/c1-3-25-16-8-15(19-12-20-16)23-6-4-13(5-7-23)9-18-17(24)14-10-21-22(2)11-14/h8,10-13H,3-7,9H2,1-2H3,(H,18,24). The van der Waals surface area contributed by atoms with Crippen molar-refractivity contribution in [2.24, 2.45) is 13.0 Å². The van der Waals surface area contributed by atoms with E-state index in [4.69, 9.17) is 4.74 Å². The number of aryl methyl sites for hydroxylation is 1. The predicted octanol–water partition coefficient (Wildman–Crippen LogP) is 1.26. The molecule has 8 heteroatoms. The van der Waals surface area contributed by atoms with E-state index < -0.39 is 0 Å². The Kier molecular flexibility index (Phi) is 5.47. The summed E-state index contributed by atoms with van der Waals surface area (Å²) in [5.74, 6) is 1.92. The smallest absolute Gasteiger partial charge is 0.254 e. The first-order valence-electron chi connectivity index (χ1n) is 8.62. The molecule has 3 rings (SSSR count). The molecule has 134 valence electrons. The number of piperidine rings is 1. The van der Waals surface area contributed by atoms with E-state index in [-0.39, 0.29) is 5.91 Å². The SMILES string of the molecule is CCOc1cc(N2CCC(CNC(=O)c3cnn(C)c3)CC2)ncn1. The largest absolute Gasteiger partial charge is 0.478 e. The van der Waals surface area contributed by atoms with Crippen molar-refractivity contribution < 1.29 is 9.53 Å². The number of carbonyl (C=O) groups excluding carboxylic acids is 1. The van der Waals surface area contributed by atoms with Gasteiger partial charge in [-0.05, 0) is 25.7 Å². The molecule has 0 radical (unpaired) electrons. The van der Waals surface area contributed by atoms with Gasteiger partial charge in [0.25, 0.3) is 5.91 Å². The fraction of sp³-hybridized carbons (Fsp3) is 0.529. The van der Waals surface area contributed by atoms with Gasteiger partial charge < -0.3 is 15.0 Å². The molecule has 0 spiro atoms. The van der Waals surface area contributed by atoms with Crippen LogP contribution in [0.4, 0.5) is 5.82 Å². The van der Waals surface area contributed by atoms with Crippen LogP contribution in [0.1, 0.15) is 30.1 Å². The van der Waals surface area contributed by atoms with Crippen molar-refractivity contribution in [3.8, 4) is 5.88 Å². The molecule has 0 saturated carbocycles. The zero-order valence-corrected chi connectivity index (χ0v) is 14.7. The lowest BCUT2D eigenvalue weighted by molar-refractivity contribution is 0.0945. The Morgan fingerprint density at radius 3 is 2.84 bits per heavy atom. The molecule has 1 amide bonds. The third-order valence-electron chi connectivity index (χ3n) is 4.38. The van der Waals surface area contributed by atoms with Gasteiger partial charge in [0, 0.05) is 38.9 Å². The van der Waals surface area contributed by atoms with E-state index in [1.807, 2.05) is 13.0 Å². The lowest BCUT2D eigenvalue weighted by Gasteiger charge is -2.32. The molecule has 0 aliphatic carbocycles. The fourth-order valence-corrected chi connectivity index (χ4v) is 2.97. The molecule has 0 unspecified atom stereocenters. The van der Waals surface area contributed by atoms with Crippen molar-refractivity contribution in [2.45, 2.75) is 19.8 Å². The van der Waals surface area contributed by atoms with E-state index in [2.05, 4.69) is 25.3 Å². The summed E-state index contributed by atoms with van der Waals surface area (Å²) in [6.07, 6.45) is 6.88. The summed E-state index contributed by atoms with van der Waals surface area (Å²) in [4.78, 5) is 22.8. The monoisotopic (exact) mass is 344 g/mol. The molecule has 8 nitrogen and oxygen atoms in total. The van der Waals surface area contributed by atoms with Crippen LogP contribution in [0.3, 0.4) is 0 Å². The van der Waals surface area contributed by atoms with Gasteiger partial charge in [0.1, 0.15) is 12.1 Å². The van der Waals surface area contributed by atoms with E-state index in [9.17, 15) is 4.79 Å². The normalized spacial score (nSPS) is 15.2. The minimum Gasteiger partial charge on any atom is -0.478 e. The second kappa shape index (κ2) is 7.96. The van der Waals surface area contributed by atoms with Gasteiger partial charge in [-0.3, -0.25) is 9.48 Å². The summed E-state index contributed by atoms with van der Waals surface area (Å²) in [5.41, 5.74) is 0.601. The number of rotatable bonds is 6. The summed E-state index contributed by atoms with van der Waals surface area (Å²) in [6, 6.07) is 1.88. The van der Waals surface area contributed by atoms with Crippen molar-refractivity contribution in [1.82, 2.24) is 25.1 Å². The van der Waals surface area contributed by atoms with Crippen LogP contribution in [0.25, 0.3) is 0 Å². The van der Waals surface area contributed by atoms with Gasteiger partial charge >= 0.3 is 0 Å². The highest BCUT2D eigenvalue weighted by atomic mass is 16.5. The topological polar surface area (TPSA) is 85.2 Å². The minimum atomic E-state index is -0.0623. The van der Waals surface area contributed by atoms with Gasteiger partial charge in [0.15, 0.2) is 0 Å². The van der Waals surface area contributed by atoms with E-state index in [1.165, 1.54) is 0 Å². The lowest BCUT2D eigenvalue weighted by atomic mass is 9.96. The van der Waals surface area contributed by atoms with Gasteiger partial charge in [0.05, 0.1) is 18.4 Å². The highest BCUT2D eigenvalue weighted by Crippen LogP contribution is 2.23. The van der Waals surface area contributed by atoms with Crippen LogP contribution in [0.2, 0.25) is 0 Å². The van der Waals surface area contributed by atoms with Crippen molar-refractivity contribution in [1.29, 1.82) is 0 Å². The summed E-state index contributed by atoms with van der Waals surface area (Å²) in [5, 5.41) is 7.03. The van der Waals surface area contributed by atoms with Crippen molar-refractivity contribution >= 4 is 11.7 Å². The number of hydrogen-bond donors (Lipinski definition) is 1. The van der Waals surface area contributed by atoms with E-state index in [0.29, 0.717) is 30.5 Å². The van der Waals surface area contributed by atoms with Gasteiger partial charge in [-0.25, -0.2) is 9.97 Å². The molecule has 1 N–H and O–H groups in total. The number of carbonyl (C=O) groups is 1. The Hall–Kier alpha value is -2.64. The maximum Gasteiger partial charge on any atom is 0.254 e. The van der Waals surface area contributed by atoms with Gasteiger partial charge in [-0.2, -0.15) is 5.10 Å². The minimum absolute atomic E-state index is 0.0623. The Labute approximate surface area is 147 Å². The quantitative estimate of drug-likeness (QED) is 0.849. The molecular formula is C17H24N6O2. The maximum absolute atomic E-state index is 12.1. The number of nitrogens with one attached hydrogen (secondary N) is 1. The highest BCUT2D eigenvalue weighted by Gasteiger charge is 2.21. The molecule has 1 fully saturated rings. The molecule has 3 heterocycles. The molecule has 1 aliphatic heterocycles. The third-order valence-corrected chi connectivity index (χ3v) is 4.38. The molecule has 0 atom stereocenters. The third kappa shape index (κ3) is 4.46. The molecule has 1 aliphatic rings. The molecule has 2 aromatic heterocycles. The van der Waals surface area contributed by atoms with Crippen molar-refractivity contribution in [3.63, 3.8) is 0 Å². The van der Waals surface area contributed by atoms with Gasteiger partial charge in [-0.15, -0.1) is 0 Å². The van der Waals surface area contributed by atoms with E-state index in [1.54, 1.807) is 30.5 Å². The van der Waals surface area contributed by atoms with Crippen LogP contribution >= 0.6 is 0 Å². The van der Waals surface area contributed by atoms with Gasteiger partial charge in [0.2, 0.25) is 5.88 Å². The average molecular weight is 344 g/mol. The van der Waals surface area contributed by atoms with Crippen LogP contribution in [0, 0.1) is 5.92 Å². The zero-order valence-electron chi connectivity index (χ0n) is 14.7. The Balaban J connectivity index is 1.47. The molecule has 0 aromatic carbocycles. The molecular weight excluding hydrogens is 320 g/mol. The van der Waals surface area contributed by atoms with Crippen LogP contribution in [0.5, 0.6) is 5.88 Å². The maximum atomic E-state index is 12.1. The van der Waals surface area contributed by atoms with Crippen LogP contribution in [-0.2, 0) is 7.05 Å². The van der Waals surface area contributed by atoms with Crippen molar-refractivity contribution in [2.75, 3.05) is 31.1 Å². The fourth-order valence-electron chi connectivity index (χ4n) is 2.97. The number of amides is 1. The van der Waals surface area contributed by atoms with Crippen LogP contribution < -0.4 is 15.0 Å². The Bertz CT molecular complexity index is 709. The number of ether oxygens (including phenoxy) is 1. The summed E-state index contributed by atoms with van der Waals surface area (Å²) in [6.45, 7) is 5.05. The predicted molar refractivity (Wildman–Crippen MR) is 93.7 cm³/mol. The lowest BCUT2D eigenvalue weighted by Crippen LogP contribution is -2.39. The molecule has 2 aromatic rings. The van der Waals surface area contributed by atoms with Gasteiger partial charge in [-0.1, -0.05) is 0 Å². The first-order valence-corrected chi connectivity index (χ1v) is 8.62. The number of hydrogen-bond acceptors (Lipinski definition) is 6. The molecule has 25 heavy (non-hydrogen) atoms.